The second-order valence-electron chi connectivity index (χ2n) is 7.76. The number of amides is 1. The molecule has 1 N–H and O–H groups in total. The van der Waals surface area contributed by atoms with Gasteiger partial charge in [-0.25, -0.2) is 13.4 Å². The molecule has 0 unspecified atom stereocenters. The predicted octanol–water partition coefficient (Wildman–Crippen LogP) is 3.44. The van der Waals surface area contributed by atoms with E-state index >= 15 is 0 Å². The minimum Gasteiger partial charge on any atom is -0.376 e. The summed E-state index contributed by atoms with van der Waals surface area (Å²) in [6.07, 6.45) is 2.32. The number of hydrogen-bond acceptors (Lipinski definition) is 6. The lowest BCUT2D eigenvalue weighted by Crippen LogP contribution is -2.30. The molecule has 1 aliphatic heterocycles. The van der Waals surface area contributed by atoms with Crippen LogP contribution in [0.25, 0.3) is 0 Å². The molecule has 0 spiro atoms. The van der Waals surface area contributed by atoms with Gasteiger partial charge in [-0.3, -0.25) is 4.79 Å². The third kappa shape index (κ3) is 5.72. The molecule has 2 heterocycles. The Kier molecular flexibility index (Phi) is 8.37. The van der Waals surface area contributed by atoms with Crippen molar-refractivity contribution in [1.29, 1.82) is 0 Å². The van der Waals surface area contributed by atoms with Crippen LogP contribution in [0.4, 0.5) is 5.69 Å². The van der Waals surface area contributed by atoms with Crippen molar-refractivity contribution in [2.45, 2.75) is 63.2 Å². The zero-order valence-corrected chi connectivity index (χ0v) is 20.8. The van der Waals surface area contributed by atoms with Crippen LogP contribution in [0.15, 0.2) is 34.3 Å². The van der Waals surface area contributed by atoms with Crippen LogP contribution in [-0.4, -0.2) is 59.7 Å². The summed E-state index contributed by atoms with van der Waals surface area (Å²) in [5, 5.41) is 3.64. The maximum absolute atomic E-state index is 12.6. The van der Waals surface area contributed by atoms with Gasteiger partial charge in [0.15, 0.2) is 5.16 Å². The molecule has 2 aromatic rings. The van der Waals surface area contributed by atoms with Crippen LogP contribution in [0, 0.1) is 13.8 Å². The van der Waals surface area contributed by atoms with Crippen LogP contribution >= 0.6 is 11.8 Å². The summed E-state index contributed by atoms with van der Waals surface area (Å²) in [5.74, 6) is 0.0392. The number of nitrogens with zero attached hydrogens (tertiary/aromatic N) is 3. The van der Waals surface area contributed by atoms with Gasteiger partial charge in [0.2, 0.25) is 15.9 Å². The number of nitrogens with one attached hydrogen (secondary N) is 1. The van der Waals surface area contributed by atoms with Crippen LogP contribution < -0.4 is 5.32 Å². The Balaban J connectivity index is 1.60. The van der Waals surface area contributed by atoms with Crippen molar-refractivity contribution in [3.05, 3.63) is 35.7 Å². The molecule has 10 heteroatoms. The number of anilines is 1. The smallest absolute Gasteiger partial charge is 0.243 e. The number of ether oxygens (including phenoxy) is 1. The molecule has 1 atom stereocenters. The average Bonchev–Trinajstić information content (AvgIpc) is 3.37. The molecule has 0 radical (unpaired) electrons. The van der Waals surface area contributed by atoms with E-state index in [1.54, 1.807) is 12.1 Å². The molecule has 0 saturated carbocycles. The first-order valence-electron chi connectivity index (χ1n) is 10.9. The van der Waals surface area contributed by atoms with Crippen LogP contribution in [0.3, 0.4) is 0 Å². The number of sulfonamides is 1. The average molecular weight is 481 g/mol. The summed E-state index contributed by atoms with van der Waals surface area (Å²) < 4.78 is 34.5. The molecule has 0 bridgehead atoms. The fourth-order valence-corrected chi connectivity index (χ4v) is 6.05. The molecular weight excluding hydrogens is 448 g/mol. The highest BCUT2D eigenvalue weighted by atomic mass is 32.2. The Morgan fingerprint density at radius 1 is 1.25 bits per heavy atom. The van der Waals surface area contributed by atoms with Gasteiger partial charge >= 0.3 is 0 Å². The molecule has 1 aromatic carbocycles. The fraction of sp³-hybridized carbons (Fsp3) is 0.545. The topological polar surface area (TPSA) is 93.5 Å². The van der Waals surface area contributed by atoms with Crippen molar-refractivity contribution in [1.82, 2.24) is 13.9 Å². The summed E-state index contributed by atoms with van der Waals surface area (Å²) in [6.45, 7) is 10.0. The molecule has 8 nitrogen and oxygen atoms in total. The van der Waals surface area contributed by atoms with E-state index in [0.717, 1.165) is 42.5 Å². The highest BCUT2D eigenvalue weighted by molar-refractivity contribution is 7.99. The van der Waals surface area contributed by atoms with Gasteiger partial charge in [-0.2, -0.15) is 4.31 Å². The van der Waals surface area contributed by atoms with Gasteiger partial charge in [0.25, 0.3) is 0 Å². The Labute approximate surface area is 194 Å². The van der Waals surface area contributed by atoms with Crippen molar-refractivity contribution in [3.63, 3.8) is 0 Å². The van der Waals surface area contributed by atoms with E-state index in [1.165, 1.54) is 28.2 Å². The number of aryl methyl sites for hydroxylation is 1. The normalized spacial score (nSPS) is 16.6. The second-order valence-corrected chi connectivity index (χ2v) is 10.6. The molecule has 1 aliphatic rings. The van der Waals surface area contributed by atoms with E-state index in [0.29, 0.717) is 18.8 Å². The quantitative estimate of drug-likeness (QED) is 0.524. The first kappa shape index (κ1) is 24.8. The maximum Gasteiger partial charge on any atom is 0.243 e. The SMILES string of the molecule is CCN(CC)S(=O)(=O)c1ccc(NC(=O)CSc2nc(C)c(C)n2C[C@H]2CCCO2)cc1. The molecule has 1 aromatic heterocycles. The number of hydrogen-bond donors (Lipinski definition) is 1. The molecule has 0 aliphatic carbocycles. The van der Waals surface area contributed by atoms with Crippen molar-refractivity contribution in [2.24, 2.45) is 0 Å². The standard InChI is InChI=1S/C22H32N4O4S2/c1-5-25(6-2)32(28,29)20-11-9-18(10-12-20)24-21(27)15-31-22-23-16(3)17(4)26(22)14-19-8-7-13-30-19/h9-12,19H,5-8,13-15H2,1-4H3,(H,24,27)/t19-/m1/s1. The number of benzene rings is 1. The molecule has 3 rings (SSSR count). The summed E-state index contributed by atoms with van der Waals surface area (Å²) >= 11 is 1.39. The third-order valence-corrected chi connectivity index (χ3v) is 8.69. The monoisotopic (exact) mass is 480 g/mol. The van der Waals surface area contributed by atoms with Gasteiger partial charge in [-0.15, -0.1) is 0 Å². The zero-order valence-electron chi connectivity index (χ0n) is 19.1. The summed E-state index contributed by atoms with van der Waals surface area (Å²) in [7, 11) is -3.51. The van der Waals surface area contributed by atoms with E-state index in [-0.39, 0.29) is 22.7 Å². The molecular formula is C22H32N4O4S2. The van der Waals surface area contributed by atoms with E-state index < -0.39 is 10.0 Å². The molecule has 1 fully saturated rings. The van der Waals surface area contributed by atoms with E-state index in [2.05, 4.69) is 14.9 Å². The number of imidazole rings is 1. The molecule has 1 amide bonds. The number of aromatic nitrogens is 2. The Bertz CT molecular complexity index is 1020. The predicted molar refractivity (Wildman–Crippen MR) is 127 cm³/mol. The summed E-state index contributed by atoms with van der Waals surface area (Å²) in [5.41, 5.74) is 2.61. The molecule has 32 heavy (non-hydrogen) atoms. The van der Waals surface area contributed by atoms with Gasteiger partial charge in [0.05, 0.1) is 29.0 Å². The summed E-state index contributed by atoms with van der Waals surface area (Å²) in [4.78, 5) is 17.3. The lowest BCUT2D eigenvalue weighted by Gasteiger charge is -2.18. The van der Waals surface area contributed by atoms with E-state index in [4.69, 9.17) is 4.74 Å². The van der Waals surface area contributed by atoms with Crippen LogP contribution in [0.2, 0.25) is 0 Å². The van der Waals surface area contributed by atoms with Gasteiger partial charge < -0.3 is 14.6 Å². The second kappa shape index (κ2) is 10.8. The lowest BCUT2D eigenvalue weighted by molar-refractivity contribution is -0.113. The Hall–Kier alpha value is -1.88. The van der Waals surface area contributed by atoms with Crippen LogP contribution in [0.1, 0.15) is 38.1 Å². The lowest BCUT2D eigenvalue weighted by atomic mass is 10.2. The van der Waals surface area contributed by atoms with Crippen molar-refractivity contribution < 1.29 is 17.9 Å². The maximum atomic E-state index is 12.6. The van der Waals surface area contributed by atoms with E-state index in [9.17, 15) is 13.2 Å². The summed E-state index contributed by atoms with van der Waals surface area (Å²) in [6, 6.07) is 6.28. The minimum absolute atomic E-state index is 0.170. The number of carbonyl (C=O) groups is 1. The van der Waals surface area contributed by atoms with Gasteiger partial charge in [0, 0.05) is 31.1 Å². The van der Waals surface area contributed by atoms with Gasteiger partial charge in [-0.1, -0.05) is 25.6 Å². The van der Waals surface area contributed by atoms with Crippen LogP contribution in [-0.2, 0) is 26.1 Å². The van der Waals surface area contributed by atoms with Gasteiger partial charge in [0.1, 0.15) is 0 Å². The number of thioether (sulfide) groups is 1. The minimum atomic E-state index is -3.51. The largest absolute Gasteiger partial charge is 0.376 e. The first-order valence-corrected chi connectivity index (χ1v) is 13.4. The molecule has 1 saturated heterocycles. The Morgan fingerprint density at radius 3 is 2.53 bits per heavy atom. The van der Waals surface area contributed by atoms with Crippen molar-refractivity contribution in [2.75, 3.05) is 30.8 Å². The fourth-order valence-electron chi connectivity index (χ4n) is 3.69. The highest BCUT2D eigenvalue weighted by Crippen LogP contribution is 2.25. The number of carbonyl (C=O) groups excluding carboxylic acids is 1. The van der Waals surface area contributed by atoms with Crippen molar-refractivity contribution >= 4 is 33.4 Å². The van der Waals surface area contributed by atoms with E-state index in [1.807, 2.05) is 27.7 Å². The highest BCUT2D eigenvalue weighted by Gasteiger charge is 2.22. The van der Waals surface area contributed by atoms with Gasteiger partial charge in [-0.05, 0) is 51.0 Å². The zero-order chi connectivity index (χ0) is 23.3. The van der Waals surface area contributed by atoms with Crippen molar-refractivity contribution in [3.8, 4) is 0 Å². The molecule has 176 valence electrons. The third-order valence-electron chi connectivity index (χ3n) is 5.65. The first-order chi connectivity index (χ1) is 15.3. The van der Waals surface area contributed by atoms with Crippen LogP contribution in [0.5, 0.6) is 0 Å². The number of rotatable bonds is 10. The Morgan fingerprint density at radius 2 is 1.94 bits per heavy atom.